The quantitative estimate of drug-likeness (QED) is 0.367. The van der Waals surface area contributed by atoms with Gasteiger partial charge in [-0.15, -0.1) is 0 Å². The Morgan fingerprint density at radius 3 is 2.63 bits per heavy atom. The third-order valence-electron chi connectivity index (χ3n) is 6.60. The molecule has 0 bridgehead atoms. The SMILES string of the molecule is COc1ccccc1C1C(=C(O)c2ccc3c(c2)OCO3)C(=O)C(=O)N1CCCN1CCOCC1. The molecule has 2 saturated heterocycles. The molecule has 2 aromatic carbocycles. The summed E-state index contributed by atoms with van der Waals surface area (Å²) in [5.41, 5.74) is 1.05. The number of hydrogen-bond acceptors (Lipinski definition) is 8. The highest BCUT2D eigenvalue weighted by molar-refractivity contribution is 6.46. The average Bonchev–Trinajstić information content (AvgIpc) is 3.46. The number of carbonyl (C=O) groups is 2. The van der Waals surface area contributed by atoms with Crippen molar-refractivity contribution < 1.29 is 33.6 Å². The van der Waals surface area contributed by atoms with Crippen LogP contribution in [0.4, 0.5) is 0 Å². The molecule has 1 atom stereocenters. The van der Waals surface area contributed by atoms with Crippen LogP contribution in [0.3, 0.4) is 0 Å². The molecule has 3 heterocycles. The fourth-order valence-corrected chi connectivity index (χ4v) is 4.82. The van der Waals surface area contributed by atoms with E-state index in [1.807, 2.05) is 18.2 Å². The highest BCUT2D eigenvalue weighted by Gasteiger charge is 2.46. The number of fused-ring (bicyclic) bond motifs is 1. The molecule has 1 N–H and O–H groups in total. The minimum atomic E-state index is -0.777. The molecule has 184 valence electrons. The first-order valence-corrected chi connectivity index (χ1v) is 11.7. The number of aliphatic hydroxyl groups is 1. The molecule has 2 aromatic rings. The summed E-state index contributed by atoms with van der Waals surface area (Å²) in [6, 6.07) is 11.4. The molecule has 3 aliphatic heterocycles. The average molecular weight is 481 g/mol. The largest absolute Gasteiger partial charge is 0.507 e. The van der Waals surface area contributed by atoms with Gasteiger partial charge in [-0.2, -0.15) is 0 Å². The zero-order valence-electron chi connectivity index (χ0n) is 19.6. The van der Waals surface area contributed by atoms with Crippen molar-refractivity contribution in [3.8, 4) is 17.2 Å². The first kappa shape index (κ1) is 23.2. The second-order valence-electron chi connectivity index (χ2n) is 8.61. The van der Waals surface area contributed by atoms with Crippen LogP contribution in [0.2, 0.25) is 0 Å². The lowest BCUT2D eigenvalue weighted by molar-refractivity contribution is -0.140. The van der Waals surface area contributed by atoms with Crippen LogP contribution >= 0.6 is 0 Å². The van der Waals surface area contributed by atoms with Crippen LogP contribution in [-0.4, -0.2) is 79.9 Å². The van der Waals surface area contributed by atoms with Crippen molar-refractivity contribution in [2.24, 2.45) is 0 Å². The van der Waals surface area contributed by atoms with E-state index in [0.29, 0.717) is 54.6 Å². The van der Waals surface area contributed by atoms with Gasteiger partial charge in [0.2, 0.25) is 6.79 Å². The van der Waals surface area contributed by atoms with Crippen LogP contribution in [0.15, 0.2) is 48.0 Å². The van der Waals surface area contributed by atoms with E-state index in [4.69, 9.17) is 18.9 Å². The zero-order chi connectivity index (χ0) is 24.4. The number of Topliss-reactive ketones (excluding diaryl/α,β-unsaturated/α-hetero) is 1. The number of para-hydroxylation sites is 1. The molecule has 35 heavy (non-hydrogen) atoms. The maximum atomic E-state index is 13.3. The monoisotopic (exact) mass is 480 g/mol. The number of rotatable bonds is 7. The summed E-state index contributed by atoms with van der Waals surface area (Å²) < 4.78 is 21.7. The van der Waals surface area contributed by atoms with Crippen molar-refractivity contribution in [1.29, 1.82) is 0 Å². The van der Waals surface area contributed by atoms with E-state index < -0.39 is 17.7 Å². The third kappa shape index (κ3) is 4.44. The summed E-state index contributed by atoms with van der Waals surface area (Å²) in [4.78, 5) is 30.3. The Morgan fingerprint density at radius 2 is 1.83 bits per heavy atom. The predicted octanol–water partition coefficient (Wildman–Crippen LogP) is 2.57. The first-order chi connectivity index (χ1) is 17.1. The molecule has 0 saturated carbocycles. The summed E-state index contributed by atoms with van der Waals surface area (Å²) in [5.74, 6) is -0.0379. The molecule has 0 aliphatic carbocycles. The molecular weight excluding hydrogens is 452 g/mol. The van der Waals surface area contributed by atoms with Gasteiger partial charge in [-0.1, -0.05) is 18.2 Å². The van der Waals surface area contributed by atoms with Crippen LogP contribution in [0, 0.1) is 0 Å². The zero-order valence-corrected chi connectivity index (χ0v) is 19.6. The van der Waals surface area contributed by atoms with Gasteiger partial charge in [0, 0.05) is 37.3 Å². The van der Waals surface area contributed by atoms with Gasteiger partial charge in [-0.05, 0) is 30.7 Å². The highest BCUT2D eigenvalue weighted by atomic mass is 16.7. The standard InChI is InChI=1S/C26H28N2O7/c1-32-19-6-3-2-5-18(19)23-22(24(29)17-7-8-20-21(15-17)35-16-34-20)25(30)26(31)28(23)10-4-9-27-11-13-33-14-12-27/h2-3,5-8,15,23,29H,4,9-14,16H2,1H3. The topological polar surface area (TPSA) is 97.8 Å². The molecule has 3 aliphatic rings. The van der Waals surface area contributed by atoms with E-state index in [9.17, 15) is 14.7 Å². The minimum absolute atomic E-state index is 0.0322. The second-order valence-corrected chi connectivity index (χ2v) is 8.61. The Labute approximate surface area is 203 Å². The maximum absolute atomic E-state index is 13.3. The van der Waals surface area contributed by atoms with Gasteiger partial charge in [0.1, 0.15) is 11.5 Å². The fraction of sp³-hybridized carbons (Fsp3) is 0.385. The fourth-order valence-electron chi connectivity index (χ4n) is 4.82. The molecule has 0 spiro atoms. The molecule has 9 heteroatoms. The van der Waals surface area contributed by atoms with E-state index in [-0.39, 0.29) is 18.1 Å². The number of nitrogens with zero attached hydrogens (tertiary/aromatic N) is 2. The van der Waals surface area contributed by atoms with E-state index in [1.54, 1.807) is 36.3 Å². The number of aliphatic hydroxyl groups excluding tert-OH is 1. The normalized spacial score (nSPS) is 21.5. The third-order valence-corrected chi connectivity index (χ3v) is 6.60. The Kier molecular flexibility index (Phi) is 6.61. The van der Waals surface area contributed by atoms with Gasteiger partial charge >= 0.3 is 0 Å². The predicted molar refractivity (Wildman–Crippen MR) is 126 cm³/mol. The van der Waals surface area contributed by atoms with E-state index in [0.717, 1.165) is 19.6 Å². The Morgan fingerprint density at radius 1 is 1.06 bits per heavy atom. The summed E-state index contributed by atoms with van der Waals surface area (Å²) >= 11 is 0. The van der Waals surface area contributed by atoms with Crippen molar-refractivity contribution in [1.82, 2.24) is 9.80 Å². The lowest BCUT2D eigenvalue weighted by Crippen LogP contribution is -2.39. The molecule has 1 unspecified atom stereocenters. The summed E-state index contributed by atoms with van der Waals surface area (Å²) in [6.45, 7) is 4.32. The van der Waals surface area contributed by atoms with Crippen LogP contribution in [0.25, 0.3) is 5.76 Å². The molecule has 1 amide bonds. The minimum Gasteiger partial charge on any atom is -0.507 e. The smallest absolute Gasteiger partial charge is 0.295 e. The van der Waals surface area contributed by atoms with Crippen molar-refractivity contribution in [3.05, 3.63) is 59.2 Å². The second kappa shape index (κ2) is 9.97. The molecule has 9 nitrogen and oxygen atoms in total. The molecule has 0 radical (unpaired) electrons. The maximum Gasteiger partial charge on any atom is 0.295 e. The van der Waals surface area contributed by atoms with Gasteiger partial charge < -0.3 is 29.0 Å². The van der Waals surface area contributed by atoms with Gasteiger partial charge in [-0.3, -0.25) is 14.5 Å². The molecule has 0 aromatic heterocycles. The summed E-state index contributed by atoms with van der Waals surface area (Å²) in [5, 5.41) is 11.3. The van der Waals surface area contributed by atoms with Gasteiger partial charge in [0.15, 0.2) is 11.5 Å². The van der Waals surface area contributed by atoms with Gasteiger partial charge in [0.05, 0.1) is 31.9 Å². The lowest BCUT2D eigenvalue weighted by Gasteiger charge is -2.29. The number of amides is 1. The van der Waals surface area contributed by atoms with Gasteiger partial charge in [-0.25, -0.2) is 0 Å². The lowest BCUT2D eigenvalue weighted by atomic mass is 9.94. The molecular formula is C26H28N2O7. The van der Waals surface area contributed by atoms with Gasteiger partial charge in [0.25, 0.3) is 11.7 Å². The molecule has 2 fully saturated rings. The Bertz CT molecular complexity index is 1160. The summed E-state index contributed by atoms with van der Waals surface area (Å²) in [7, 11) is 1.54. The number of methoxy groups -OCH3 is 1. The summed E-state index contributed by atoms with van der Waals surface area (Å²) in [6.07, 6.45) is 0.683. The number of morpholine rings is 1. The molecule has 5 rings (SSSR count). The van der Waals surface area contributed by atoms with E-state index >= 15 is 0 Å². The Balaban J connectivity index is 1.51. The number of hydrogen-bond donors (Lipinski definition) is 1. The number of carbonyl (C=O) groups excluding carboxylic acids is 2. The van der Waals surface area contributed by atoms with Crippen molar-refractivity contribution in [2.45, 2.75) is 12.5 Å². The number of likely N-dealkylation sites (tertiary alicyclic amines) is 1. The van der Waals surface area contributed by atoms with Crippen molar-refractivity contribution >= 4 is 17.4 Å². The van der Waals surface area contributed by atoms with Crippen molar-refractivity contribution in [3.63, 3.8) is 0 Å². The van der Waals surface area contributed by atoms with Crippen LogP contribution in [-0.2, 0) is 14.3 Å². The van der Waals surface area contributed by atoms with Crippen molar-refractivity contribution in [2.75, 3.05) is 53.3 Å². The number of ketones is 1. The van der Waals surface area contributed by atoms with Crippen LogP contribution in [0.1, 0.15) is 23.6 Å². The van der Waals surface area contributed by atoms with E-state index in [2.05, 4.69) is 4.90 Å². The number of benzene rings is 2. The first-order valence-electron chi connectivity index (χ1n) is 11.7. The van der Waals surface area contributed by atoms with Crippen LogP contribution in [0.5, 0.6) is 17.2 Å². The number of ether oxygens (including phenoxy) is 4. The van der Waals surface area contributed by atoms with E-state index in [1.165, 1.54) is 0 Å². The highest BCUT2D eigenvalue weighted by Crippen LogP contribution is 2.43. The Hall–Kier alpha value is -3.56. The van der Waals surface area contributed by atoms with Crippen LogP contribution < -0.4 is 14.2 Å².